The average molecular weight is 343 g/mol. The third kappa shape index (κ3) is 4.44. The van der Waals surface area contributed by atoms with Crippen molar-refractivity contribution in [3.8, 4) is 17.2 Å². The van der Waals surface area contributed by atoms with Gasteiger partial charge in [0.05, 0.1) is 14.2 Å². The lowest BCUT2D eigenvalue weighted by atomic mass is 10.1. The van der Waals surface area contributed by atoms with Crippen molar-refractivity contribution >= 4 is 11.6 Å². The van der Waals surface area contributed by atoms with Crippen LogP contribution >= 0.6 is 0 Å². The number of carbonyl (C=O) groups is 1. The van der Waals surface area contributed by atoms with Gasteiger partial charge in [-0.15, -0.1) is 0 Å². The highest BCUT2D eigenvalue weighted by Crippen LogP contribution is 2.38. The summed E-state index contributed by atoms with van der Waals surface area (Å²) in [5.74, 6) is 1.27. The molecule has 0 aromatic heterocycles. The Bertz CT molecular complexity index is 730. The number of aryl methyl sites for hydroxylation is 3. The molecular formula is C20H25NO4. The standard InChI is InChI=1S/C20H25NO4/c1-6-15-9-7-8-14(3)19(15)21-18(22)12-25-20-16(23-4)10-13(2)11-17(20)24-5/h7-11H,6,12H2,1-5H3,(H,21,22). The van der Waals surface area contributed by atoms with Crippen molar-refractivity contribution in [3.05, 3.63) is 47.0 Å². The molecule has 0 spiro atoms. The first kappa shape index (κ1) is 18.6. The van der Waals surface area contributed by atoms with Gasteiger partial charge in [-0.05, 0) is 49.1 Å². The Balaban J connectivity index is 2.14. The second-order valence-corrected chi connectivity index (χ2v) is 5.80. The Morgan fingerprint density at radius 1 is 1.08 bits per heavy atom. The maximum absolute atomic E-state index is 12.4. The lowest BCUT2D eigenvalue weighted by molar-refractivity contribution is -0.118. The minimum Gasteiger partial charge on any atom is -0.493 e. The Morgan fingerprint density at radius 3 is 2.28 bits per heavy atom. The summed E-state index contributed by atoms with van der Waals surface area (Å²) in [6.07, 6.45) is 0.845. The molecule has 5 nitrogen and oxygen atoms in total. The van der Waals surface area contributed by atoms with Gasteiger partial charge in [0.25, 0.3) is 5.91 Å². The highest BCUT2D eigenvalue weighted by Gasteiger charge is 2.15. The van der Waals surface area contributed by atoms with Gasteiger partial charge in [-0.25, -0.2) is 0 Å². The largest absolute Gasteiger partial charge is 0.493 e. The fourth-order valence-corrected chi connectivity index (χ4v) is 2.67. The van der Waals surface area contributed by atoms with Crippen LogP contribution in [0, 0.1) is 13.8 Å². The first-order valence-corrected chi connectivity index (χ1v) is 8.23. The van der Waals surface area contributed by atoms with Gasteiger partial charge < -0.3 is 19.5 Å². The maximum atomic E-state index is 12.4. The van der Waals surface area contributed by atoms with Gasteiger partial charge in [-0.1, -0.05) is 25.1 Å². The van der Waals surface area contributed by atoms with E-state index in [1.54, 1.807) is 14.2 Å². The maximum Gasteiger partial charge on any atom is 0.262 e. The number of hydrogen-bond donors (Lipinski definition) is 1. The van der Waals surface area contributed by atoms with Gasteiger partial charge in [0.2, 0.25) is 5.75 Å². The predicted octanol–water partition coefficient (Wildman–Crippen LogP) is 3.90. The van der Waals surface area contributed by atoms with Gasteiger partial charge in [-0.2, -0.15) is 0 Å². The van der Waals surface area contributed by atoms with E-state index in [0.717, 1.165) is 28.8 Å². The first-order chi connectivity index (χ1) is 12.0. The number of nitrogens with one attached hydrogen (secondary N) is 1. The Hall–Kier alpha value is -2.69. The molecule has 0 saturated heterocycles. The van der Waals surface area contributed by atoms with Crippen LogP contribution in [0.5, 0.6) is 17.2 Å². The molecular weight excluding hydrogens is 318 g/mol. The van der Waals surface area contributed by atoms with Crippen molar-refractivity contribution in [1.82, 2.24) is 0 Å². The van der Waals surface area contributed by atoms with E-state index in [1.807, 2.05) is 44.2 Å². The molecule has 2 aromatic carbocycles. The normalized spacial score (nSPS) is 10.3. The van der Waals surface area contributed by atoms with Gasteiger partial charge in [0, 0.05) is 5.69 Å². The molecule has 0 unspecified atom stereocenters. The summed E-state index contributed by atoms with van der Waals surface area (Å²) in [7, 11) is 3.12. The summed E-state index contributed by atoms with van der Waals surface area (Å²) >= 11 is 0. The Morgan fingerprint density at radius 2 is 1.72 bits per heavy atom. The number of para-hydroxylation sites is 1. The minimum atomic E-state index is -0.228. The highest BCUT2D eigenvalue weighted by molar-refractivity contribution is 5.93. The van der Waals surface area contributed by atoms with Crippen LogP contribution in [0.4, 0.5) is 5.69 Å². The Labute approximate surface area is 148 Å². The summed E-state index contributed by atoms with van der Waals surface area (Å²) in [5, 5.41) is 2.94. The molecule has 0 aliphatic heterocycles. The monoisotopic (exact) mass is 343 g/mol. The van der Waals surface area contributed by atoms with Crippen molar-refractivity contribution in [3.63, 3.8) is 0 Å². The van der Waals surface area contributed by atoms with Crippen molar-refractivity contribution in [2.24, 2.45) is 0 Å². The third-order valence-electron chi connectivity index (χ3n) is 3.96. The van der Waals surface area contributed by atoms with Crippen LogP contribution < -0.4 is 19.5 Å². The van der Waals surface area contributed by atoms with Crippen molar-refractivity contribution in [2.75, 3.05) is 26.1 Å². The molecule has 0 saturated carbocycles. The van der Waals surface area contributed by atoms with Crippen LogP contribution in [0.1, 0.15) is 23.6 Å². The van der Waals surface area contributed by atoms with E-state index in [-0.39, 0.29) is 12.5 Å². The summed E-state index contributed by atoms with van der Waals surface area (Å²) in [5.41, 5.74) is 3.96. The molecule has 1 amide bonds. The Kier molecular flexibility index (Phi) is 6.28. The van der Waals surface area contributed by atoms with Crippen LogP contribution in [-0.2, 0) is 11.2 Å². The van der Waals surface area contributed by atoms with E-state index in [9.17, 15) is 4.79 Å². The zero-order valence-electron chi connectivity index (χ0n) is 15.4. The molecule has 134 valence electrons. The number of hydrogen-bond acceptors (Lipinski definition) is 4. The fourth-order valence-electron chi connectivity index (χ4n) is 2.67. The van der Waals surface area contributed by atoms with Crippen LogP contribution in [0.25, 0.3) is 0 Å². The quantitative estimate of drug-likeness (QED) is 0.828. The van der Waals surface area contributed by atoms with E-state index in [0.29, 0.717) is 17.2 Å². The first-order valence-electron chi connectivity index (χ1n) is 8.23. The van der Waals surface area contributed by atoms with Crippen molar-refractivity contribution in [2.45, 2.75) is 27.2 Å². The minimum absolute atomic E-state index is 0.132. The van der Waals surface area contributed by atoms with Gasteiger partial charge in [-0.3, -0.25) is 4.79 Å². The zero-order chi connectivity index (χ0) is 18.4. The molecule has 0 fully saturated rings. The van der Waals surface area contributed by atoms with E-state index in [4.69, 9.17) is 14.2 Å². The smallest absolute Gasteiger partial charge is 0.262 e. The topological polar surface area (TPSA) is 56.8 Å². The van der Waals surface area contributed by atoms with E-state index < -0.39 is 0 Å². The summed E-state index contributed by atoms with van der Waals surface area (Å²) in [6, 6.07) is 9.65. The molecule has 0 heterocycles. The SMILES string of the molecule is CCc1cccc(C)c1NC(=O)COc1c(OC)cc(C)cc1OC. The highest BCUT2D eigenvalue weighted by atomic mass is 16.5. The predicted molar refractivity (Wildman–Crippen MR) is 99.0 cm³/mol. The lowest BCUT2D eigenvalue weighted by Crippen LogP contribution is -2.21. The summed E-state index contributed by atoms with van der Waals surface area (Å²) < 4.78 is 16.4. The molecule has 0 atom stereocenters. The van der Waals surface area contributed by atoms with Crippen LogP contribution in [0.15, 0.2) is 30.3 Å². The van der Waals surface area contributed by atoms with Crippen molar-refractivity contribution in [1.29, 1.82) is 0 Å². The molecule has 2 rings (SSSR count). The van der Waals surface area contributed by atoms with Crippen molar-refractivity contribution < 1.29 is 19.0 Å². The van der Waals surface area contributed by atoms with E-state index >= 15 is 0 Å². The molecule has 0 bridgehead atoms. The number of benzene rings is 2. The summed E-state index contributed by atoms with van der Waals surface area (Å²) in [4.78, 5) is 12.4. The zero-order valence-corrected chi connectivity index (χ0v) is 15.4. The van der Waals surface area contributed by atoms with Gasteiger partial charge in [0.15, 0.2) is 18.1 Å². The summed E-state index contributed by atoms with van der Waals surface area (Å²) in [6.45, 7) is 5.84. The number of carbonyl (C=O) groups excluding carboxylic acids is 1. The number of anilines is 1. The fraction of sp³-hybridized carbons (Fsp3) is 0.350. The number of ether oxygens (including phenoxy) is 3. The van der Waals surface area contributed by atoms with Gasteiger partial charge >= 0.3 is 0 Å². The molecule has 0 radical (unpaired) electrons. The molecule has 5 heteroatoms. The van der Waals surface area contributed by atoms with Crippen LogP contribution in [0.2, 0.25) is 0 Å². The second-order valence-electron chi connectivity index (χ2n) is 5.80. The molecule has 0 aliphatic carbocycles. The number of rotatable bonds is 7. The van der Waals surface area contributed by atoms with Crippen LogP contribution in [-0.4, -0.2) is 26.7 Å². The molecule has 25 heavy (non-hydrogen) atoms. The van der Waals surface area contributed by atoms with Gasteiger partial charge in [0.1, 0.15) is 0 Å². The third-order valence-corrected chi connectivity index (χ3v) is 3.96. The van der Waals surface area contributed by atoms with E-state index in [1.165, 1.54) is 0 Å². The molecule has 2 aromatic rings. The average Bonchev–Trinajstić information content (AvgIpc) is 2.61. The lowest BCUT2D eigenvalue weighted by Gasteiger charge is -2.16. The second kappa shape index (κ2) is 8.42. The van der Waals surface area contributed by atoms with E-state index in [2.05, 4.69) is 12.2 Å². The molecule has 0 aliphatic rings. The number of amides is 1. The molecule has 1 N–H and O–H groups in total. The van der Waals surface area contributed by atoms with Crippen LogP contribution in [0.3, 0.4) is 0 Å². The number of methoxy groups -OCH3 is 2.